The average Bonchev–Trinajstić information content (AvgIpc) is 2.70. The molecule has 6 nitrogen and oxygen atoms in total. The summed E-state index contributed by atoms with van der Waals surface area (Å²) < 4.78 is 27.3. The minimum atomic E-state index is -3.56. The number of carbonyl (C=O) groups is 1. The fourth-order valence-electron chi connectivity index (χ4n) is 3.34. The number of halogens is 1. The summed E-state index contributed by atoms with van der Waals surface area (Å²) in [5, 5.41) is 3.54. The maximum Gasteiger partial charge on any atom is 0.317 e. The van der Waals surface area contributed by atoms with E-state index in [-0.39, 0.29) is 25.2 Å². The van der Waals surface area contributed by atoms with Crippen LogP contribution in [0.25, 0.3) is 0 Å². The van der Waals surface area contributed by atoms with Gasteiger partial charge in [0, 0.05) is 31.2 Å². The molecule has 0 bridgehead atoms. The van der Waals surface area contributed by atoms with Crippen LogP contribution in [0.2, 0.25) is 5.02 Å². The fraction of sp³-hybridized carbons (Fsp3) is 0.381. The van der Waals surface area contributed by atoms with E-state index in [4.69, 9.17) is 11.6 Å². The first-order valence-electron chi connectivity index (χ1n) is 9.57. The number of carbonyl (C=O) groups excluding carboxylic acids is 1. The van der Waals surface area contributed by atoms with Crippen LogP contribution in [-0.2, 0) is 10.0 Å². The van der Waals surface area contributed by atoms with Gasteiger partial charge < -0.3 is 10.2 Å². The van der Waals surface area contributed by atoms with Gasteiger partial charge in [-0.3, -0.25) is 0 Å². The molecule has 1 atom stereocenters. The van der Waals surface area contributed by atoms with Crippen molar-refractivity contribution in [2.75, 3.05) is 26.2 Å². The summed E-state index contributed by atoms with van der Waals surface area (Å²) in [5.41, 5.74) is 2.84. The Morgan fingerprint density at radius 2 is 1.69 bits per heavy atom. The SMILES string of the molecule is Cc1ccc(S(=O)(=O)N2CCN(C(=O)NC(C)c3ccccc3Cl)CC2)cc1C. The average molecular weight is 436 g/mol. The number of benzene rings is 2. The number of nitrogens with one attached hydrogen (secondary N) is 1. The highest BCUT2D eigenvalue weighted by atomic mass is 35.5. The predicted molar refractivity (Wildman–Crippen MR) is 115 cm³/mol. The molecule has 2 amide bonds. The molecule has 1 fully saturated rings. The van der Waals surface area contributed by atoms with Crippen molar-refractivity contribution in [3.63, 3.8) is 0 Å². The van der Waals surface area contributed by atoms with Gasteiger partial charge >= 0.3 is 6.03 Å². The van der Waals surface area contributed by atoms with E-state index in [0.717, 1.165) is 16.7 Å². The molecule has 1 aliphatic rings. The van der Waals surface area contributed by atoms with Crippen molar-refractivity contribution in [3.05, 3.63) is 64.2 Å². The lowest BCUT2D eigenvalue weighted by molar-refractivity contribution is 0.169. The van der Waals surface area contributed by atoms with E-state index in [1.54, 1.807) is 23.1 Å². The first-order chi connectivity index (χ1) is 13.7. The van der Waals surface area contributed by atoms with Gasteiger partial charge in [0.25, 0.3) is 0 Å². The highest BCUT2D eigenvalue weighted by molar-refractivity contribution is 7.89. The first-order valence-corrected chi connectivity index (χ1v) is 11.4. The quantitative estimate of drug-likeness (QED) is 0.795. The number of aryl methyl sites for hydroxylation is 2. The molecule has 1 saturated heterocycles. The van der Waals surface area contributed by atoms with Crippen LogP contribution < -0.4 is 5.32 Å². The van der Waals surface area contributed by atoms with E-state index < -0.39 is 10.0 Å². The summed E-state index contributed by atoms with van der Waals surface area (Å²) in [6.07, 6.45) is 0. The number of sulfonamides is 1. The largest absolute Gasteiger partial charge is 0.331 e. The smallest absolute Gasteiger partial charge is 0.317 e. The molecule has 0 spiro atoms. The Balaban J connectivity index is 1.61. The first kappa shape index (κ1) is 21.6. The zero-order chi connectivity index (χ0) is 21.2. The molecule has 8 heteroatoms. The normalized spacial score (nSPS) is 16.5. The summed E-state index contributed by atoms with van der Waals surface area (Å²) >= 11 is 6.20. The molecule has 0 radical (unpaired) electrons. The lowest BCUT2D eigenvalue weighted by atomic mass is 10.1. The molecular formula is C21H26ClN3O3S. The predicted octanol–water partition coefficient (Wildman–Crippen LogP) is 3.73. The van der Waals surface area contributed by atoms with Crippen LogP contribution in [0.15, 0.2) is 47.4 Å². The Bertz CT molecular complexity index is 1000. The highest BCUT2D eigenvalue weighted by Gasteiger charge is 2.30. The zero-order valence-corrected chi connectivity index (χ0v) is 18.4. The number of nitrogens with zero attached hydrogens (tertiary/aromatic N) is 2. The Kier molecular flexibility index (Phi) is 6.51. The van der Waals surface area contributed by atoms with Gasteiger partial charge in [0.1, 0.15) is 0 Å². The van der Waals surface area contributed by atoms with E-state index in [0.29, 0.717) is 23.0 Å². The van der Waals surface area contributed by atoms with Crippen LogP contribution in [-0.4, -0.2) is 49.8 Å². The Labute approximate surface area is 177 Å². The third-order valence-electron chi connectivity index (χ3n) is 5.35. The summed E-state index contributed by atoms with van der Waals surface area (Å²) in [6, 6.07) is 12.1. The molecule has 1 N–H and O–H groups in total. The minimum absolute atomic E-state index is 0.222. The van der Waals surface area contributed by atoms with Crippen molar-refractivity contribution >= 4 is 27.7 Å². The fourth-order valence-corrected chi connectivity index (χ4v) is 5.14. The van der Waals surface area contributed by atoms with Crippen LogP contribution in [0.4, 0.5) is 4.79 Å². The molecule has 0 aliphatic carbocycles. The molecule has 2 aromatic rings. The number of hydrogen-bond acceptors (Lipinski definition) is 3. The summed E-state index contributed by atoms with van der Waals surface area (Å²) in [7, 11) is -3.56. The summed E-state index contributed by atoms with van der Waals surface area (Å²) in [6.45, 7) is 6.94. The molecule has 156 valence electrons. The number of piperazine rings is 1. The second kappa shape index (κ2) is 8.73. The van der Waals surface area contributed by atoms with Crippen molar-refractivity contribution in [1.29, 1.82) is 0 Å². The molecule has 29 heavy (non-hydrogen) atoms. The van der Waals surface area contributed by atoms with Crippen molar-refractivity contribution in [2.45, 2.75) is 31.7 Å². The monoisotopic (exact) mass is 435 g/mol. The number of hydrogen-bond donors (Lipinski definition) is 1. The van der Waals surface area contributed by atoms with Gasteiger partial charge in [0.05, 0.1) is 10.9 Å². The molecule has 1 aliphatic heterocycles. The highest BCUT2D eigenvalue weighted by Crippen LogP contribution is 2.23. The van der Waals surface area contributed by atoms with Crippen molar-refractivity contribution < 1.29 is 13.2 Å². The Hall–Kier alpha value is -2.09. The molecule has 1 unspecified atom stereocenters. The van der Waals surface area contributed by atoms with Gasteiger partial charge in [0.2, 0.25) is 10.0 Å². The second-order valence-electron chi connectivity index (χ2n) is 7.33. The van der Waals surface area contributed by atoms with Crippen LogP contribution in [0.1, 0.15) is 29.7 Å². The molecule has 1 heterocycles. The lowest BCUT2D eigenvalue weighted by Crippen LogP contribution is -2.53. The number of amides is 2. The van der Waals surface area contributed by atoms with Gasteiger partial charge in [-0.05, 0) is 55.7 Å². The van der Waals surface area contributed by atoms with E-state index in [9.17, 15) is 13.2 Å². The van der Waals surface area contributed by atoms with Gasteiger partial charge in [0.15, 0.2) is 0 Å². The van der Waals surface area contributed by atoms with E-state index in [1.807, 2.05) is 45.0 Å². The Morgan fingerprint density at radius 1 is 1.03 bits per heavy atom. The van der Waals surface area contributed by atoms with Crippen LogP contribution in [0.5, 0.6) is 0 Å². The maximum absolute atomic E-state index is 12.9. The summed E-state index contributed by atoms with van der Waals surface area (Å²) in [4.78, 5) is 14.5. The maximum atomic E-state index is 12.9. The topological polar surface area (TPSA) is 69.7 Å². The van der Waals surface area contributed by atoms with Gasteiger partial charge in [-0.15, -0.1) is 0 Å². The summed E-state index contributed by atoms with van der Waals surface area (Å²) in [5.74, 6) is 0. The molecule has 0 aromatic heterocycles. The number of rotatable bonds is 4. The third-order valence-corrected chi connectivity index (χ3v) is 7.59. The van der Waals surface area contributed by atoms with Crippen LogP contribution >= 0.6 is 11.6 Å². The van der Waals surface area contributed by atoms with E-state index in [1.165, 1.54) is 4.31 Å². The standard InChI is InChI=1S/C21H26ClN3O3S/c1-15-8-9-18(14-16(15)2)29(27,28)25-12-10-24(11-13-25)21(26)23-17(3)19-6-4-5-7-20(19)22/h4-9,14,17H,10-13H2,1-3H3,(H,23,26). The molecule has 3 rings (SSSR count). The number of urea groups is 1. The van der Waals surface area contributed by atoms with Gasteiger partial charge in [-0.1, -0.05) is 35.9 Å². The molecule has 0 saturated carbocycles. The second-order valence-corrected chi connectivity index (χ2v) is 9.68. The Morgan fingerprint density at radius 3 is 2.31 bits per heavy atom. The molecule has 2 aromatic carbocycles. The van der Waals surface area contributed by atoms with E-state index >= 15 is 0 Å². The van der Waals surface area contributed by atoms with Crippen LogP contribution in [0, 0.1) is 13.8 Å². The lowest BCUT2D eigenvalue weighted by Gasteiger charge is -2.34. The van der Waals surface area contributed by atoms with Gasteiger partial charge in [-0.25, -0.2) is 13.2 Å². The zero-order valence-electron chi connectivity index (χ0n) is 16.9. The van der Waals surface area contributed by atoms with Crippen LogP contribution in [0.3, 0.4) is 0 Å². The van der Waals surface area contributed by atoms with Gasteiger partial charge in [-0.2, -0.15) is 4.31 Å². The molecular weight excluding hydrogens is 410 g/mol. The van der Waals surface area contributed by atoms with E-state index in [2.05, 4.69) is 5.32 Å². The van der Waals surface area contributed by atoms with Crippen molar-refractivity contribution in [2.24, 2.45) is 0 Å². The van der Waals surface area contributed by atoms with Crippen molar-refractivity contribution in [1.82, 2.24) is 14.5 Å². The third kappa shape index (κ3) is 4.74. The van der Waals surface area contributed by atoms with Crippen molar-refractivity contribution in [3.8, 4) is 0 Å². The minimum Gasteiger partial charge on any atom is -0.331 e.